The van der Waals surface area contributed by atoms with Gasteiger partial charge in [-0.05, 0) is 44.8 Å². The number of methoxy groups -OCH3 is 1. The van der Waals surface area contributed by atoms with Gasteiger partial charge < -0.3 is 23.0 Å². The molecule has 0 spiro atoms. The molecule has 0 radical (unpaired) electrons. The molecule has 0 bridgehead atoms. The molecule has 10 heteroatoms. The highest BCUT2D eigenvalue weighted by atomic mass is 32.2. The van der Waals surface area contributed by atoms with E-state index >= 15 is 0 Å². The van der Waals surface area contributed by atoms with Crippen molar-refractivity contribution in [1.29, 1.82) is 0 Å². The van der Waals surface area contributed by atoms with Crippen LogP contribution in [0, 0.1) is 0 Å². The van der Waals surface area contributed by atoms with E-state index in [-0.39, 0.29) is 25.6 Å². The van der Waals surface area contributed by atoms with Gasteiger partial charge in [0.2, 0.25) is 0 Å². The van der Waals surface area contributed by atoms with Crippen LogP contribution in [0.5, 0.6) is 5.75 Å². The highest BCUT2D eigenvalue weighted by Crippen LogP contribution is 2.37. The Labute approximate surface area is 201 Å². The Kier molecular flexibility index (Phi) is 6.70. The number of rotatable bonds is 7. The summed E-state index contributed by atoms with van der Waals surface area (Å²) in [6.07, 6.45) is 1.61. The van der Waals surface area contributed by atoms with Crippen LogP contribution in [0.15, 0.2) is 60.6 Å². The maximum absolute atomic E-state index is 12.8. The molecule has 0 saturated carbocycles. The quantitative estimate of drug-likeness (QED) is 0.555. The standard InChI is InChI=1S/C24H30BNO7S/c1-23(2)24(3,4)33-25(32-23)20-11-12-21(29-5)19(15-20)16-26-14-13-22(31-34(26,27)28)30-17-18-9-7-6-8-10-18/h6-13,15H,14,16-17H2,1-5H3. The molecule has 0 aromatic heterocycles. The Morgan fingerprint density at radius 2 is 1.71 bits per heavy atom. The fourth-order valence-corrected chi connectivity index (χ4v) is 4.63. The normalized spacial score (nSPS) is 21.0. The van der Waals surface area contributed by atoms with Crippen molar-refractivity contribution < 1.29 is 31.4 Å². The van der Waals surface area contributed by atoms with Gasteiger partial charge in [0.05, 0.1) is 18.3 Å². The lowest BCUT2D eigenvalue weighted by Gasteiger charge is -2.32. The SMILES string of the molecule is COc1ccc(B2OC(C)(C)C(C)(C)O2)cc1CN1CC=C(OCc2ccccc2)OS1(=O)=O. The zero-order valence-corrected chi connectivity index (χ0v) is 20.9. The minimum Gasteiger partial charge on any atom is -0.496 e. The van der Waals surface area contributed by atoms with Crippen molar-refractivity contribution in [1.82, 2.24) is 4.31 Å². The molecule has 2 aromatic rings. The third-order valence-electron chi connectivity index (χ3n) is 6.37. The summed E-state index contributed by atoms with van der Waals surface area (Å²) in [5.41, 5.74) is 1.40. The lowest BCUT2D eigenvalue weighted by Crippen LogP contribution is -2.41. The zero-order chi connectivity index (χ0) is 24.6. The van der Waals surface area contributed by atoms with Crippen molar-refractivity contribution in [2.24, 2.45) is 0 Å². The minimum atomic E-state index is -4.05. The molecule has 0 aliphatic carbocycles. The van der Waals surface area contributed by atoms with Gasteiger partial charge in [-0.3, -0.25) is 0 Å². The van der Waals surface area contributed by atoms with Gasteiger partial charge in [0.25, 0.3) is 5.95 Å². The van der Waals surface area contributed by atoms with E-state index in [0.29, 0.717) is 11.3 Å². The molecule has 2 aliphatic heterocycles. The molecule has 4 rings (SSSR count). The van der Waals surface area contributed by atoms with Crippen molar-refractivity contribution in [3.05, 3.63) is 71.7 Å². The van der Waals surface area contributed by atoms with Crippen LogP contribution in [-0.2, 0) is 41.7 Å². The molecule has 0 amide bonds. The Morgan fingerprint density at radius 1 is 1.03 bits per heavy atom. The highest BCUT2D eigenvalue weighted by Gasteiger charge is 2.51. The molecule has 1 fully saturated rings. The fraction of sp³-hybridized carbons (Fsp3) is 0.417. The summed E-state index contributed by atoms with van der Waals surface area (Å²) >= 11 is 0. The van der Waals surface area contributed by atoms with Crippen LogP contribution in [0.25, 0.3) is 0 Å². The molecule has 182 valence electrons. The molecule has 34 heavy (non-hydrogen) atoms. The number of ether oxygens (including phenoxy) is 2. The van der Waals surface area contributed by atoms with Crippen molar-refractivity contribution in [2.75, 3.05) is 13.7 Å². The monoisotopic (exact) mass is 487 g/mol. The van der Waals surface area contributed by atoms with E-state index in [1.165, 1.54) is 4.31 Å². The topological polar surface area (TPSA) is 83.5 Å². The van der Waals surface area contributed by atoms with Crippen molar-refractivity contribution in [3.8, 4) is 5.75 Å². The zero-order valence-electron chi connectivity index (χ0n) is 20.1. The Balaban J connectivity index is 1.49. The number of hydrogen-bond acceptors (Lipinski definition) is 7. The lowest BCUT2D eigenvalue weighted by atomic mass is 9.78. The third kappa shape index (κ3) is 5.10. The van der Waals surface area contributed by atoms with Crippen LogP contribution in [-0.4, -0.2) is 44.7 Å². The fourth-order valence-electron chi connectivity index (χ4n) is 3.65. The average molecular weight is 487 g/mol. The molecular formula is C24H30BNO7S. The summed E-state index contributed by atoms with van der Waals surface area (Å²) in [7, 11) is -3.07. The predicted octanol–water partition coefficient (Wildman–Crippen LogP) is 3.13. The van der Waals surface area contributed by atoms with E-state index in [0.717, 1.165) is 11.0 Å². The molecular weight excluding hydrogens is 457 g/mol. The van der Waals surface area contributed by atoms with E-state index in [1.54, 1.807) is 19.3 Å². The van der Waals surface area contributed by atoms with Crippen molar-refractivity contribution in [3.63, 3.8) is 0 Å². The molecule has 2 heterocycles. The van der Waals surface area contributed by atoms with E-state index in [9.17, 15) is 8.42 Å². The van der Waals surface area contributed by atoms with Gasteiger partial charge in [0.1, 0.15) is 12.4 Å². The summed E-state index contributed by atoms with van der Waals surface area (Å²) in [6.45, 7) is 8.32. The van der Waals surface area contributed by atoms with Gasteiger partial charge in [-0.25, -0.2) is 0 Å². The summed E-state index contributed by atoms with van der Waals surface area (Å²) < 4.78 is 55.3. The lowest BCUT2D eigenvalue weighted by molar-refractivity contribution is 0.00578. The largest absolute Gasteiger partial charge is 0.496 e. The predicted molar refractivity (Wildman–Crippen MR) is 128 cm³/mol. The van der Waals surface area contributed by atoms with Crippen LogP contribution in [0.3, 0.4) is 0 Å². The molecule has 8 nitrogen and oxygen atoms in total. The van der Waals surface area contributed by atoms with Crippen LogP contribution in [0.2, 0.25) is 0 Å². The second-order valence-corrected chi connectivity index (χ2v) is 10.8. The second-order valence-electron chi connectivity index (χ2n) is 9.29. The maximum atomic E-state index is 12.8. The van der Waals surface area contributed by atoms with Crippen LogP contribution < -0.4 is 10.2 Å². The number of nitrogens with zero attached hydrogens (tertiary/aromatic N) is 1. The molecule has 0 atom stereocenters. The van der Waals surface area contributed by atoms with Gasteiger partial charge in [0.15, 0.2) is 0 Å². The van der Waals surface area contributed by atoms with E-state index in [4.69, 9.17) is 23.0 Å². The molecule has 0 unspecified atom stereocenters. The van der Waals surface area contributed by atoms with Gasteiger partial charge >= 0.3 is 17.4 Å². The average Bonchev–Trinajstić information content (AvgIpc) is 3.01. The van der Waals surface area contributed by atoms with E-state index in [2.05, 4.69) is 0 Å². The van der Waals surface area contributed by atoms with Crippen molar-refractivity contribution >= 4 is 22.9 Å². The van der Waals surface area contributed by atoms with Gasteiger partial charge in [-0.15, -0.1) is 0 Å². The van der Waals surface area contributed by atoms with Crippen LogP contribution in [0.1, 0.15) is 38.8 Å². The first-order chi connectivity index (χ1) is 16.0. The van der Waals surface area contributed by atoms with Crippen LogP contribution >= 0.6 is 0 Å². The van der Waals surface area contributed by atoms with E-state index in [1.807, 2.05) is 70.2 Å². The smallest absolute Gasteiger partial charge is 0.494 e. The summed E-state index contributed by atoms with van der Waals surface area (Å²) in [5, 5.41) is 0. The molecule has 2 aromatic carbocycles. The highest BCUT2D eigenvalue weighted by molar-refractivity contribution is 7.84. The molecule has 0 N–H and O–H groups in total. The van der Waals surface area contributed by atoms with E-state index < -0.39 is 28.6 Å². The van der Waals surface area contributed by atoms with Gasteiger partial charge in [-0.2, -0.15) is 12.7 Å². The molecule has 1 saturated heterocycles. The first kappa shape index (κ1) is 24.6. The third-order valence-corrected chi connectivity index (χ3v) is 7.65. The Hall–Kier alpha value is -2.53. The second kappa shape index (κ2) is 9.26. The van der Waals surface area contributed by atoms with Crippen molar-refractivity contribution in [2.45, 2.75) is 52.0 Å². The summed E-state index contributed by atoms with van der Waals surface area (Å²) in [6, 6.07) is 15.0. The Bertz CT molecular complexity index is 1150. The van der Waals surface area contributed by atoms with Crippen LogP contribution in [0.4, 0.5) is 0 Å². The first-order valence-electron chi connectivity index (χ1n) is 11.1. The maximum Gasteiger partial charge on any atom is 0.494 e. The number of hydrogen-bond donors (Lipinski definition) is 0. The minimum absolute atomic E-state index is 0.0296. The Morgan fingerprint density at radius 3 is 2.32 bits per heavy atom. The first-order valence-corrected chi connectivity index (χ1v) is 12.5. The summed E-state index contributed by atoms with van der Waals surface area (Å²) in [5.74, 6) is 0.531. The summed E-state index contributed by atoms with van der Waals surface area (Å²) in [4.78, 5) is 0. The number of benzene rings is 2. The van der Waals surface area contributed by atoms with Gasteiger partial charge in [-0.1, -0.05) is 42.5 Å². The van der Waals surface area contributed by atoms with Gasteiger partial charge in [0, 0.05) is 24.7 Å². The molecule has 2 aliphatic rings.